The molecule has 0 aliphatic heterocycles. The topological polar surface area (TPSA) is 52.6 Å². The molecule has 0 saturated heterocycles. The maximum Gasteiger partial charge on any atom is 0.213 e. The van der Waals surface area contributed by atoms with Crippen LogP contribution in [0.5, 0.6) is 5.88 Å². The van der Waals surface area contributed by atoms with E-state index in [0.717, 1.165) is 5.69 Å². The van der Waals surface area contributed by atoms with Crippen LogP contribution in [0.1, 0.15) is 5.69 Å². The maximum absolute atomic E-state index is 5.10. The molecule has 1 heterocycles. The molecule has 1 rings (SSSR count). The zero-order valence-electron chi connectivity index (χ0n) is 9.03. The van der Waals surface area contributed by atoms with Gasteiger partial charge < -0.3 is 9.47 Å². The molecule has 1 N–H and O–H groups in total. The summed E-state index contributed by atoms with van der Waals surface area (Å²) >= 11 is 0. The van der Waals surface area contributed by atoms with Gasteiger partial charge in [0, 0.05) is 13.2 Å². The second-order valence-electron chi connectivity index (χ2n) is 2.83. The minimum absolute atomic E-state index is 0.514. The number of nitrogens with zero attached hydrogens (tertiary/aromatic N) is 1. The van der Waals surface area contributed by atoms with E-state index < -0.39 is 0 Å². The average Bonchev–Trinajstić information content (AvgIpc) is 2.29. The van der Waals surface area contributed by atoms with Crippen molar-refractivity contribution in [2.24, 2.45) is 0 Å². The molecule has 0 amide bonds. The number of methoxy groups -OCH3 is 2. The van der Waals surface area contributed by atoms with Gasteiger partial charge in [-0.1, -0.05) is 6.07 Å². The van der Waals surface area contributed by atoms with Crippen molar-refractivity contribution in [1.29, 1.82) is 0 Å². The number of nitrogens with one attached hydrogen (secondary N) is 1. The van der Waals surface area contributed by atoms with E-state index in [1.165, 1.54) is 0 Å². The van der Waals surface area contributed by atoms with Crippen LogP contribution >= 0.6 is 0 Å². The second-order valence-corrected chi connectivity index (χ2v) is 2.83. The molecule has 0 aliphatic carbocycles. The number of rotatable bonds is 7. The predicted molar refractivity (Wildman–Crippen MR) is 55.5 cm³/mol. The van der Waals surface area contributed by atoms with Crippen molar-refractivity contribution in [3.8, 4) is 5.88 Å². The largest absolute Gasteiger partial charge is 0.481 e. The summed E-state index contributed by atoms with van der Waals surface area (Å²) in [4.78, 5) is 9.31. The van der Waals surface area contributed by atoms with Crippen LogP contribution in [0.4, 0.5) is 0 Å². The van der Waals surface area contributed by atoms with E-state index in [4.69, 9.17) is 14.3 Å². The zero-order valence-corrected chi connectivity index (χ0v) is 9.03. The van der Waals surface area contributed by atoms with Crippen LogP contribution in [0, 0.1) is 0 Å². The molecule has 1 aromatic heterocycles. The highest BCUT2D eigenvalue weighted by atomic mass is 16.7. The molecule has 1 aromatic rings. The van der Waals surface area contributed by atoms with E-state index in [9.17, 15) is 0 Å². The van der Waals surface area contributed by atoms with Gasteiger partial charge in [0.05, 0.1) is 32.6 Å². The van der Waals surface area contributed by atoms with Gasteiger partial charge in [0.2, 0.25) is 5.88 Å². The minimum atomic E-state index is 0.514. The monoisotopic (exact) mass is 212 g/mol. The van der Waals surface area contributed by atoms with E-state index in [2.05, 4.69) is 10.5 Å². The highest BCUT2D eigenvalue weighted by Crippen LogP contribution is 2.05. The van der Waals surface area contributed by atoms with E-state index in [0.29, 0.717) is 25.6 Å². The van der Waals surface area contributed by atoms with Crippen LogP contribution < -0.4 is 10.2 Å². The van der Waals surface area contributed by atoms with Crippen molar-refractivity contribution in [2.45, 2.75) is 6.54 Å². The van der Waals surface area contributed by atoms with Gasteiger partial charge in [0.1, 0.15) is 0 Å². The summed E-state index contributed by atoms with van der Waals surface area (Å²) in [5.74, 6) is 0.603. The molecule has 0 aliphatic rings. The van der Waals surface area contributed by atoms with E-state index >= 15 is 0 Å². The Bertz CT molecular complexity index is 281. The number of ether oxygens (including phenoxy) is 2. The first kappa shape index (κ1) is 11.9. The zero-order chi connectivity index (χ0) is 10.9. The van der Waals surface area contributed by atoms with Gasteiger partial charge in [-0.25, -0.2) is 4.98 Å². The molecule has 0 saturated carbocycles. The molecular formula is C10H16N2O3. The van der Waals surface area contributed by atoms with Crippen molar-refractivity contribution in [3.05, 3.63) is 23.9 Å². The molecule has 0 unspecified atom stereocenters. The molecule has 5 nitrogen and oxygen atoms in total. The van der Waals surface area contributed by atoms with Crippen LogP contribution in [0.2, 0.25) is 0 Å². The smallest absolute Gasteiger partial charge is 0.213 e. The Labute approximate surface area is 89.3 Å². The van der Waals surface area contributed by atoms with Crippen LogP contribution in [0.15, 0.2) is 18.2 Å². The first-order chi connectivity index (χ1) is 7.36. The van der Waals surface area contributed by atoms with Gasteiger partial charge >= 0.3 is 0 Å². The summed E-state index contributed by atoms with van der Waals surface area (Å²) in [6.45, 7) is 1.62. The summed E-state index contributed by atoms with van der Waals surface area (Å²) in [7, 11) is 3.22. The summed E-state index contributed by atoms with van der Waals surface area (Å²) in [5, 5.41) is 0. The van der Waals surface area contributed by atoms with Gasteiger partial charge in [0.15, 0.2) is 0 Å². The molecule has 0 fully saturated rings. The number of pyridine rings is 1. The molecule has 0 atom stereocenters. The number of aromatic nitrogens is 1. The molecule has 15 heavy (non-hydrogen) atoms. The Morgan fingerprint density at radius 3 is 2.87 bits per heavy atom. The molecule has 5 heteroatoms. The standard InChI is InChI=1S/C10H16N2O3/c1-13-6-7-15-11-8-9-4-3-5-10(12-9)14-2/h3-5,11H,6-8H2,1-2H3. The Morgan fingerprint density at radius 1 is 1.27 bits per heavy atom. The average molecular weight is 212 g/mol. The first-order valence-electron chi connectivity index (χ1n) is 4.70. The summed E-state index contributed by atoms with van der Waals surface area (Å²) in [5.41, 5.74) is 3.66. The predicted octanol–water partition coefficient (Wildman–Crippen LogP) is 0.758. The van der Waals surface area contributed by atoms with Gasteiger partial charge in [-0.05, 0) is 6.07 Å². The quantitative estimate of drug-likeness (QED) is 0.534. The van der Waals surface area contributed by atoms with Crippen molar-refractivity contribution in [3.63, 3.8) is 0 Å². The van der Waals surface area contributed by atoms with Gasteiger partial charge in [-0.2, -0.15) is 5.48 Å². The summed E-state index contributed by atoms with van der Waals surface area (Å²) in [6.07, 6.45) is 0. The normalized spacial score (nSPS) is 10.3. The summed E-state index contributed by atoms with van der Waals surface area (Å²) in [6, 6.07) is 5.59. The fraction of sp³-hybridized carbons (Fsp3) is 0.500. The molecule has 0 aromatic carbocycles. The highest BCUT2D eigenvalue weighted by molar-refractivity contribution is 5.15. The van der Waals surface area contributed by atoms with Gasteiger partial charge in [-0.15, -0.1) is 0 Å². The Balaban J connectivity index is 2.24. The molecular weight excluding hydrogens is 196 g/mol. The Hall–Kier alpha value is -1.17. The number of hydroxylamine groups is 1. The third kappa shape index (κ3) is 4.73. The lowest BCUT2D eigenvalue weighted by atomic mass is 10.3. The Kier molecular flexibility index (Phi) is 5.69. The van der Waals surface area contributed by atoms with Crippen molar-refractivity contribution in [1.82, 2.24) is 10.5 Å². The van der Waals surface area contributed by atoms with Gasteiger partial charge in [-0.3, -0.25) is 4.84 Å². The van der Waals surface area contributed by atoms with Gasteiger partial charge in [0.25, 0.3) is 0 Å². The van der Waals surface area contributed by atoms with E-state index in [1.54, 1.807) is 20.3 Å². The van der Waals surface area contributed by atoms with Crippen LogP contribution in [-0.2, 0) is 16.1 Å². The number of hydrogen-bond donors (Lipinski definition) is 1. The number of hydrogen-bond acceptors (Lipinski definition) is 5. The van der Waals surface area contributed by atoms with E-state index in [-0.39, 0.29) is 0 Å². The molecule has 84 valence electrons. The van der Waals surface area contributed by atoms with Crippen LogP contribution in [0.25, 0.3) is 0 Å². The third-order valence-electron chi connectivity index (χ3n) is 1.74. The molecule has 0 radical (unpaired) electrons. The first-order valence-corrected chi connectivity index (χ1v) is 4.70. The lowest BCUT2D eigenvalue weighted by molar-refractivity contribution is 0.00294. The van der Waals surface area contributed by atoms with E-state index in [1.807, 2.05) is 12.1 Å². The Morgan fingerprint density at radius 2 is 2.13 bits per heavy atom. The highest BCUT2D eigenvalue weighted by Gasteiger charge is 1.96. The van der Waals surface area contributed by atoms with Crippen LogP contribution in [-0.4, -0.2) is 32.4 Å². The molecule has 0 spiro atoms. The molecule has 0 bridgehead atoms. The third-order valence-corrected chi connectivity index (χ3v) is 1.74. The fourth-order valence-corrected chi connectivity index (χ4v) is 0.992. The fourth-order valence-electron chi connectivity index (χ4n) is 0.992. The lowest BCUT2D eigenvalue weighted by Crippen LogP contribution is -2.17. The van der Waals surface area contributed by atoms with Crippen molar-refractivity contribution >= 4 is 0 Å². The van der Waals surface area contributed by atoms with Crippen molar-refractivity contribution < 1.29 is 14.3 Å². The van der Waals surface area contributed by atoms with Crippen LogP contribution in [0.3, 0.4) is 0 Å². The second kappa shape index (κ2) is 7.17. The lowest BCUT2D eigenvalue weighted by Gasteiger charge is -2.05. The minimum Gasteiger partial charge on any atom is -0.481 e. The SMILES string of the molecule is COCCONCc1cccc(OC)n1. The van der Waals surface area contributed by atoms with Crippen molar-refractivity contribution in [2.75, 3.05) is 27.4 Å². The maximum atomic E-state index is 5.10. The summed E-state index contributed by atoms with van der Waals surface area (Å²) < 4.78 is 9.83.